The monoisotopic (exact) mass is 311 g/mol. The van der Waals surface area contributed by atoms with E-state index >= 15 is 0 Å². The van der Waals surface area contributed by atoms with Crippen LogP contribution in [0.25, 0.3) is 0 Å². The van der Waals surface area contributed by atoms with Crippen LogP contribution in [0.1, 0.15) is 10.4 Å². The van der Waals surface area contributed by atoms with Crippen LogP contribution in [0.3, 0.4) is 0 Å². The van der Waals surface area contributed by atoms with Gasteiger partial charge in [0, 0.05) is 46.3 Å². The van der Waals surface area contributed by atoms with Crippen molar-refractivity contribution < 1.29 is 13.2 Å². The lowest BCUT2D eigenvalue weighted by Gasteiger charge is -2.30. The molecule has 1 N–H and O–H groups in total. The number of hydrogen-bond acceptors (Lipinski definition) is 4. The van der Waals surface area contributed by atoms with Gasteiger partial charge < -0.3 is 10.2 Å². The van der Waals surface area contributed by atoms with Crippen molar-refractivity contribution in [3.05, 3.63) is 29.8 Å². The third-order valence-corrected chi connectivity index (χ3v) is 5.43. The zero-order chi connectivity index (χ0) is 15.6. The summed E-state index contributed by atoms with van der Waals surface area (Å²) in [5.41, 5.74) is 0.477. The van der Waals surface area contributed by atoms with E-state index in [0.717, 1.165) is 13.1 Å². The highest BCUT2D eigenvalue weighted by Crippen LogP contribution is 2.18. The molecule has 1 amide bonds. The van der Waals surface area contributed by atoms with Gasteiger partial charge in [-0.1, -0.05) is 0 Å². The van der Waals surface area contributed by atoms with Gasteiger partial charge in [-0.3, -0.25) is 4.79 Å². The van der Waals surface area contributed by atoms with Crippen LogP contribution in [0.15, 0.2) is 29.2 Å². The summed E-state index contributed by atoms with van der Waals surface area (Å²) in [5.74, 6) is 0.229. The summed E-state index contributed by atoms with van der Waals surface area (Å²) in [6, 6.07) is 6.07. The Balaban J connectivity index is 2.14. The predicted molar refractivity (Wildman–Crippen MR) is 80.6 cm³/mol. The minimum atomic E-state index is -3.49. The first-order valence-electron chi connectivity index (χ1n) is 6.81. The van der Waals surface area contributed by atoms with Gasteiger partial charge in [-0.15, -0.1) is 0 Å². The van der Waals surface area contributed by atoms with E-state index in [1.165, 1.54) is 21.3 Å². The maximum absolute atomic E-state index is 12.4. The number of hydrogen-bond donors (Lipinski definition) is 1. The van der Waals surface area contributed by atoms with Crippen LogP contribution >= 0.6 is 0 Å². The van der Waals surface area contributed by atoms with E-state index in [9.17, 15) is 13.2 Å². The molecule has 1 heterocycles. The normalized spacial score (nSPS) is 15.8. The van der Waals surface area contributed by atoms with Gasteiger partial charge in [0.2, 0.25) is 10.0 Å². The number of rotatable bonds is 5. The Labute approximate surface area is 125 Å². The lowest BCUT2D eigenvalue weighted by molar-refractivity contribution is 0.0827. The van der Waals surface area contributed by atoms with Crippen LogP contribution in [0.5, 0.6) is 0 Å². The van der Waals surface area contributed by atoms with Gasteiger partial charge in [-0.25, -0.2) is 12.7 Å². The van der Waals surface area contributed by atoms with Crippen molar-refractivity contribution in [2.24, 2.45) is 5.92 Å². The van der Waals surface area contributed by atoms with E-state index in [1.807, 2.05) is 0 Å². The quantitative estimate of drug-likeness (QED) is 0.845. The molecule has 1 fully saturated rings. The van der Waals surface area contributed by atoms with Gasteiger partial charge in [-0.2, -0.15) is 0 Å². The maximum Gasteiger partial charge on any atom is 0.253 e. The molecule has 0 bridgehead atoms. The first-order chi connectivity index (χ1) is 9.82. The fourth-order valence-corrected chi connectivity index (χ4v) is 3.39. The highest BCUT2D eigenvalue weighted by atomic mass is 32.2. The van der Waals surface area contributed by atoms with Gasteiger partial charge >= 0.3 is 0 Å². The number of sulfonamides is 1. The summed E-state index contributed by atoms with van der Waals surface area (Å²) in [4.78, 5) is 13.5. The number of nitrogens with one attached hydrogen (secondary N) is 1. The van der Waals surface area contributed by atoms with Crippen LogP contribution in [-0.4, -0.2) is 64.3 Å². The smallest absolute Gasteiger partial charge is 0.253 e. The van der Waals surface area contributed by atoms with Gasteiger partial charge in [0.15, 0.2) is 0 Å². The second kappa shape index (κ2) is 6.13. The van der Waals surface area contributed by atoms with Crippen LogP contribution in [0, 0.1) is 5.92 Å². The van der Waals surface area contributed by atoms with Crippen LogP contribution in [-0.2, 0) is 10.0 Å². The van der Waals surface area contributed by atoms with Crippen LogP contribution in [0.2, 0.25) is 0 Å². The highest BCUT2D eigenvalue weighted by molar-refractivity contribution is 7.89. The number of benzene rings is 1. The number of carbonyl (C=O) groups excluding carboxylic acids is 1. The molecule has 2 rings (SSSR count). The van der Waals surface area contributed by atoms with Crippen molar-refractivity contribution in [3.8, 4) is 0 Å². The highest BCUT2D eigenvalue weighted by Gasteiger charge is 2.26. The van der Waals surface area contributed by atoms with E-state index in [0.29, 0.717) is 18.0 Å². The lowest BCUT2D eigenvalue weighted by Crippen LogP contribution is -2.48. The molecule has 1 aliphatic rings. The summed E-state index contributed by atoms with van der Waals surface area (Å²) in [7, 11) is 1.42. The van der Waals surface area contributed by atoms with Crippen molar-refractivity contribution in [1.82, 2.24) is 14.5 Å². The summed E-state index contributed by atoms with van der Waals surface area (Å²) in [5, 5.41) is 3.12. The molecule has 0 atom stereocenters. The fourth-order valence-electron chi connectivity index (χ4n) is 2.15. The SMILES string of the molecule is CN(C)C(=O)c1ccc(S(=O)(=O)N(C)CC2CNC2)cc1. The van der Waals surface area contributed by atoms with Crippen molar-refractivity contribution in [2.45, 2.75) is 4.90 Å². The van der Waals surface area contributed by atoms with Crippen molar-refractivity contribution in [1.29, 1.82) is 0 Å². The molecule has 7 heteroatoms. The molecule has 21 heavy (non-hydrogen) atoms. The third kappa shape index (κ3) is 3.42. The van der Waals surface area contributed by atoms with Gasteiger partial charge in [0.05, 0.1) is 4.90 Å². The maximum atomic E-state index is 12.4. The fraction of sp³-hybridized carbons (Fsp3) is 0.500. The summed E-state index contributed by atoms with van der Waals surface area (Å²) in [6.07, 6.45) is 0. The molecule has 6 nitrogen and oxygen atoms in total. The lowest BCUT2D eigenvalue weighted by atomic mass is 10.0. The molecule has 0 unspecified atom stereocenters. The Morgan fingerprint density at radius 2 is 1.76 bits per heavy atom. The van der Waals surface area contributed by atoms with Gasteiger partial charge in [-0.05, 0) is 30.2 Å². The molecule has 1 aromatic carbocycles. The third-order valence-electron chi connectivity index (χ3n) is 3.60. The Kier molecular flexibility index (Phi) is 4.65. The molecule has 0 spiro atoms. The molecular formula is C14H21N3O3S. The molecular weight excluding hydrogens is 290 g/mol. The van der Waals surface area contributed by atoms with Crippen molar-refractivity contribution in [2.75, 3.05) is 40.8 Å². The minimum absolute atomic E-state index is 0.146. The van der Waals surface area contributed by atoms with E-state index < -0.39 is 10.0 Å². The number of nitrogens with zero attached hydrogens (tertiary/aromatic N) is 2. The standard InChI is InChI=1S/C14H21N3O3S/c1-16(2)14(18)12-4-6-13(7-5-12)21(19,20)17(3)10-11-8-15-9-11/h4-7,11,15H,8-10H2,1-3H3. The Bertz CT molecular complexity index is 607. The average molecular weight is 311 g/mol. The van der Waals surface area contributed by atoms with E-state index in [2.05, 4.69) is 5.32 Å². The van der Waals surface area contributed by atoms with Crippen LogP contribution in [0.4, 0.5) is 0 Å². The Morgan fingerprint density at radius 1 is 1.19 bits per heavy atom. The molecule has 1 aliphatic heterocycles. The summed E-state index contributed by atoms with van der Waals surface area (Å²) < 4.78 is 26.2. The topological polar surface area (TPSA) is 69.7 Å². The summed E-state index contributed by atoms with van der Waals surface area (Å²) in [6.45, 7) is 2.22. The van der Waals surface area contributed by atoms with Gasteiger partial charge in [0.1, 0.15) is 0 Å². The molecule has 0 saturated carbocycles. The molecule has 116 valence electrons. The average Bonchev–Trinajstić information content (AvgIpc) is 2.41. The first kappa shape index (κ1) is 15.9. The molecule has 1 aromatic rings. The number of carbonyl (C=O) groups is 1. The molecule has 0 aliphatic carbocycles. The minimum Gasteiger partial charge on any atom is -0.345 e. The van der Waals surface area contributed by atoms with Gasteiger partial charge in [0.25, 0.3) is 5.91 Å². The largest absolute Gasteiger partial charge is 0.345 e. The first-order valence-corrected chi connectivity index (χ1v) is 8.25. The Morgan fingerprint density at radius 3 is 2.19 bits per heavy atom. The predicted octanol–water partition coefficient (Wildman–Crippen LogP) is 0.228. The second-order valence-electron chi connectivity index (χ2n) is 5.53. The molecule has 0 aromatic heterocycles. The number of amides is 1. The van der Waals surface area contributed by atoms with E-state index in [1.54, 1.807) is 33.3 Å². The second-order valence-corrected chi connectivity index (χ2v) is 7.58. The zero-order valence-corrected chi connectivity index (χ0v) is 13.4. The molecule has 1 saturated heterocycles. The molecule has 0 radical (unpaired) electrons. The van der Waals surface area contributed by atoms with E-state index in [-0.39, 0.29) is 10.8 Å². The van der Waals surface area contributed by atoms with Crippen LogP contribution < -0.4 is 5.32 Å². The van der Waals surface area contributed by atoms with Crippen molar-refractivity contribution >= 4 is 15.9 Å². The van der Waals surface area contributed by atoms with Crippen molar-refractivity contribution in [3.63, 3.8) is 0 Å². The summed E-state index contributed by atoms with van der Waals surface area (Å²) >= 11 is 0. The zero-order valence-electron chi connectivity index (χ0n) is 12.5. The van der Waals surface area contributed by atoms with E-state index in [4.69, 9.17) is 0 Å². The Hall–Kier alpha value is -1.44.